The molecule has 1 amide bonds. The van der Waals surface area contributed by atoms with E-state index in [4.69, 9.17) is 0 Å². The fourth-order valence-corrected chi connectivity index (χ4v) is 3.28. The summed E-state index contributed by atoms with van der Waals surface area (Å²) in [6.45, 7) is 0. The maximum Gasteiger partial charge on any atom is 0.227 e. The highest BCUT2D eigenvalue weighted by molar-refractivity contribution is 9.10. The molecule has 2 aromatic rings. The van der Waals surface area contributed by atoms with Crippen molar-refractivity contribution in [3.05, 3.63) is 69.7 Å². The van der Waals surface area contributed by atoms with Gasteiger partial charge in [-0.05, 0) is 41.7 Å². The summed E-state index contributed by atoms with van der Waals surface area (Å²) in [4.78, 5) is 14.4. The van der Waals surface area contributed by atoms with Gasteiger partial charge in [0.15, 0.2) is 0 Å². The number of carbonyl (C=O) groups excluding carboxylic acids is 1. The molecule has 0 spiro atoms. The van der Waals surface area contributed by atoms with Crippen molar-refractivity contribution < 1.29 is 4.79 Å². The molecule has 0 saturated heterocycles. The zero-order valence-corrected chi connectivity index (χ0v) is 13.6. The van der Waals surface area contributed by atoms with Gasteiger partial charge < -0.3 is 4.90 Å². The highest BCUT2D eigenvalue weighted by atomic mass is 79.9. The first-order valence-corrected chi connectivity index (χ1v) is 8.02. The standard InChI is InChI=1S/C18H18BrNO/c1-20(17-11-8-14-4-2-3-5-16(14)17)18(21)12-13-6-9-15(19)10-7-13/h2-7,9-10,17H,8,11-12H2,1H3. The lowest BCUT2D eigenvalue weighted by Gasteiger charge is -2.25. The largest absolute Gasteiger partial charge is 0.338 e. The summed E-state index contributed by atoms with van der Waals surface area (Å²) in [5, 5.41) is 0. The van der Waals surface area contributed by atoms with Crippen LogP contribution in [0.4, 0.5) is 0 Å². The van der Waals surface area contributed by atoms with Crippen molar-refractivity contribution in [3.8, 4) is 0 Å². The third kappa shape index (κ3) is 3.03. The van der Waals surface area contributed by atoms with E-state index in [0.29, 0.717) is 6.42 Å². The van der Waals surface area contributed by atoms with Crippen molar-refractivity contribution in [2.45, 2.75) is 25.3 Å². The highest BCUT2D eigenvalue weighted by Gasteiger charge is 2.28. The Kier molecular flexibility index (Phi) is 4.11. The van der Waals surface area contributed by atoms with Crippen molar-refractivity contribution in [2.75, 3.05) is 7.05 Å². The number of rotatable bonds is 3. The van der Waals surface area contributed by atoms with E-state index in [0.717, 1.165) is 22.9 Å². The fraction of sp³-hybridized carbons (Fsp3) is 0.278. The molecular weight excluding hydrogens is 326 g/mol. The predicted molar refractivity (Wildman–Crippen MR) is 88.1 cm³/mol. The normalized spacial score (nSPS) is 16.6. The van der Waals surface area contributed by atoms with Crippen LogP contribution in [0.3, 0.4) is 0 Å². The van der Waals surface area contributed by atoms with E-state index in [1.807, 2.05) is 36.2 Å². The number of nitrogens with zero attached hydrogens (tertiary/aromatic N) is 1. The number of carbonyl (C=O) groups is 1. The van der Waals surface area contributed by atoms with Gasteiger partial charge in [-0.3, -0.25) is 4.79 Å². The lowest BCUT2D eigenvalue weighted by molar-refractivity contribution is -0.131. The molecule has 2 aromatic carbocycles. The zero-order chi connectivity index (χ0) is 14.8. The Hall–Kier alpha value is -1.61. The number of fused-ring (bicyclic) bond motifs is 1. The van der Waals surface area contributed by atoms with Crippen LogP contribution in [-0.2, 0) is 17.6 Å². The van der Waals surface area contributed by atoms with Crippen LogP contribution >= 0.6 is 15.9 Å². The number of hydrogen-bond acceptors (Lipinski definition) is 1. The SMILES string of the molecule is CN(C(=O)Cc1ccc(Br)cc1)C1CCc2ccccc21. The summed E-state index contributed by atoms with van der Waals surface area (Å²) < 4.78 is 1.04. The second kappa shape index (κ2) is 6.02. The third-order valence-corrected chi connectivity index (χ3v) is 4.76. The predicted octanol–water partition coefficient (Wildman–Crippen LogP) is 4.14. The molecule has 1 aliphatic rings. The minimum absolute atomic E-state index is 0.180. The Balaban J connectivity index is 1.72. The number of likely N-dealkylation sites (N-methyl/N-ethyl adjacent to an activating group) is 1. The first-order chi connectivity index (χ1) is 10.1. The Morgan fingerprint density at radius 3 is 2.67 bits per heavy atom. The lowest BCUT2D eigenvalue weighted by atomic mass is 10.1. The molecule has 0 saturated carbocycles. The van der Waals surface area contributed by atoms with Gasteiger partial charge in [0.25, 0.3) is 0 Å². The van der Waals surface area contributed by atoms with Gasteiger partial charge in [-0.15, -0.1) is 0 Å². The maximum absolute atomic E-state index is 12.5. The van der Waals surface area contributed by atoms with Crippen LogP contribution in [0.1, 0.15) is 29.2 Å². The summed E-state index contributed by atoms with van der Waals surface area (Å²) >= 11 is 3.42. The Morgan fingerprint density at radius 1 is 1.19 bits per heavy atom. The lowest BCUT2D eigenvalue weighted by Crippen LogP contribution is -2.31. The molecule has 0 bridgehead atoms. The van der Waals surface area contributed by atoms with Gasteiger partial charge in [-0.2, -0.15) is 0 Å². The average molecular weight is 344 g/mol. The van der Waals surface area contributed by atoms with E-state index in [2.05, 4.69) is 40.2 Å². The molecule has 1 atom stereocenters. The maximum atomic E-state index is 12.5. The minimum Gasteiger partial charge on any atom is -0.338 e. The molecule has 0 heterocycles. The van der Waals surface area contributed by atoms with Crippen molar-refractivity contribution in [1.29, 1.82) is 0 Å². The van der Waals surface area contributed by atoms with Crippen molar-refractivity contribution in [2.24, 2.45) is 0 Å². The summed E-state index contributed by atoms with van der Waals surface area (Å²) in [6.07, 6.45) is 2.56. The molecule has 1 unspecified atom stereocenters. The van der Waals surface area contributed by atoms with E-state index >= 15 is 0 Å². The summed E-state index contributed by atoms with van der Waals surface area (Å²) in [7, 11) is 1.92. The van der Waals surface area contributed by atoms with Gasteiger partial charge in [-0.1, -0.05) is 52.3 Å². The molecule has 1 aliphatic carbocycles. The van der Waals surface area contributed by atoms with Crippen molar-refractivity contribution in [3.63, 3.8) is 0 Å². The average Bonchev–Trinajstić information content (AvgIpc) is 2.92. The Labute approximate surface area is 133 Å². The van der Waals surface area contributed by atoms with Gasteiger partial charge in [0.2, 0.25) is 5.91 Å². The van der Waals surface area contributed by atoms with Crippen LogP contribution in [0.2, 0.25) is 0 Å². The Morgan fingerprint density at radius 2 is 1.90 bits per heavy atom. The summed E-state index contributed by atoms with van der Waals surface area (Å²) in [6, 6.07) is 16.6. The highest BCUT2D eigenvalue weighted by Crippen LogP contribution is 2.35. The van der Waals surface area contributed by atoms with E-state index in [1.54, 1.807) is 0 Å². The van der Waals surface area contributed by atoms with Gasteiger partial charge in [0, 0.05) is 11.5 Å². The van der Waals surface area contributed by atoms with Gasteiger partial charge in [0.1, 0.15) is 0 Å². The van der Waals surface area contributed by atoms with Gasteiger partial charge >= 0.3 is 0 Å². The molecule has 0 aromatic heterocycles. The van der Waals surface area contributed by atoms with Crippen LogP contribution in [0.25, 0.3) is 0 Å². The topological polar surface area (TPSA) is 20.3 Å². The van der Waals surface area contributed by atoms with Crippen LogP contribution in [0, 0.1) is 0 Å². The molecule has 0 N–H and O–H groups in total. The molecule has 0 aliphatic heterocycles. The first kappa shape index (κ1) is 14.3. The number of aryl methyl sites for hydroxylation is 1. The van der Waals surface area contributed by atoms with Crippen LogP contribution in [0.15, 0.2) is 53.0 Å². The van der Waals surface area contributed by atoms with Crippen LogP contribution < -0.4 is 0 Å². The molecule has 2 nitrogen and oxygen atoms in total. The van der Waals surface area contributed by atoms with E-state index in [-0.39, 0.29) is 11.9 Å². The second-order valence-corrected chi connectivity index (χ2v) is 6.48. The molecule has 0 fully saturated rings. The number of benzene rings is 2. The zero-order valence-electron chi connectivity index (χ0n) is 12.1. The van der Waals surface area contributed by atoms with Crippen molar-refractivity contribution >= 4 is 21.8 Å². The van der Waals surface area contributed by atoms with Gasteiger partial charge in [0.05, 0.1) is 12.5 Å². The fourth-order valence-electron chi connectivity index (χ4n) is 3.01. The molecule has 3 heteroatoms. The Bertz CT molecular complexity index is 651. The van der Waals surface area contributed by atoms with Crippen LogP contribution in [0.5, 0.6) is 0 Å². The molecule has 0 radical (unpaired) electrons. The number of halogens is 1. The monoisotopic (exact) mass is 343 g/mol. The molecular formula is C18H18BrNO. The summed E-state index contributed by atoms with van der Waals surface area (Å²) in [5.74, 6) is 0.180. The third-order valence-electron chi connectivity index (χ3n) is 4.23. The van der Waals surface area contributed by atoms with Crippen LogP contribution in [-0.4, -0.2) is 17.9 Å². The molecule has 108 valence electrons. The molecule has 3 rings (SSSR count). The minimum atomic E-state index is 0.180. The molecule has 21 heavy (non-hydrogen) atoms. The summed E-state index contributed by atoms with van der Waals surface area (Å²) in [5.41, 5.74) is 3.75. The van der Waals surface area contributed by atoms with E-state index in [9.17, 15) is 4.79 Å². The smallest absolute Gasteiger partial charge is 0.227 e. The van der Waals surface area contributed by atoms with E-state index in [1.165, 1.54) is 11.1 Å². The quantitative estimate of drug-likeness (QED) is 0.820. The van der Waals surface area contributed by atoms with Gasteiger partial charge in [-0.25, -0.2) is 0 Å². The van der Waals surface area contributed by atoms with E-state index < -0.39 is 0 Å². The number of hydrogen-bond donors (Lipinski definition) is 0. The number of amides is 1. The van der Waals surface area contributed by atoms with Crippen molar-refractivity contribution in [1.82, 2.24) is 4.90 Å². The first-order valence-electron chi connectivity index (χ1n) is 7.23. The second-order valence-electron chi connectivity index (χ2n) is 5.56.